The van der Waals surface area contributed by atoms with Crippen molar-refractivity contribution in [3.8, 4) is 0 Å². The molecule has 2 aromatic rings. The Labute approximate surface area is 147 Å². The third kappa shape index (κ3) is 2.56. The molecule has 0 amide bonds. The highest BCUT2D eigenvalue weighted by atomic mass is 79.9. The Balaban J connectivity index is 2.32. The number of rotatable bonds is 4. The molecule has 1 aromatic heterocycles. The number of carbonyl (C=O) groups excluding carboxylic acids is 1. The van der Waals surface area contributed by atoms with E-state index < -0.39 is 16.3 Å². The Kier molecular flexibility index (Phi) is 4.29. The number of hydrogen-bond acceptors (Lipinski definition) is 5. The predicted octanol–water partition coefficient (Wildman–Crippen LogP) is 4.14. The highest BCUT2D eigenvalue weighted by Gasteiger charge is 2.54. The van der Waals surface area contributed by atoms with E-state index in [0.717, 1.165) is 4.47 Å². The molecule has 3 rings (SSSR count). The van der Waals surface area contributed by atoms with Crippen molar-refractivity contribution in [3.05, 3.63) is 44.5 Å². The van der Waals surface area contributed by atoms with E-state index in [0.29, 0.717) is 35.2 Å². The van der Waals surface area contributed by atoms with Crippen molar-refractivity contribution in [2.24, 2.45) is 5.92 Å². The zero-order valence-corrected chi connectivity index (χ0v) is 15.0. The first-order valence-corrected chi connectivity index (χ1v) is 8.58. The lowest BCUT2D eigenvalue weighted by molar-refractivity contribution is -0.386. The summed E-state index contributed by atoms with van der Waals surface area (Å²) in [4.78, 5) is 28.0. The minimum atomic E-state index is -0.972. The van der Waals surface area contributed by atoms with Gasteiger partial charge in [-0.15, -0.1) is 0 Å². The molecule has 0 aliphatic heterocycles. The van der Waals surface area contributed by atoms with Crippen LogP contribution in [0.25, 0.3) is 10.9 Å². The van der Waals surface area contributed by atoms with E-state index in [9.17, 15) is 14.9 Å². The molecule has 1 saturated carbocycles. The first-order valence-electron chi connectivity index (χ1n) is 7.79. The number of pyridine rings is 1. The lowest BCUT2D eigenvalue weighted by Gasteiger charge is -2.44. The SMILES string of the molecule is CCOC(=O)C1(c2c([N+](=O)[O-])cnc3ccc(Br)cc23)CC(C)C1. The van der Waals surface area contributed by atoms with Crippen LogP contribution in [0.3, 0.4) is 0 Å². The minimum absolute atomic E-state index is 0.124. The molecule has 0 N–H and O–H groups in total. The van der Waals surface area contributed by atoms with Gasteiger partial charge in [0.05, 0.1) is 22.6 Å². The summed E-state index contributed by atoms with van der Waals surface area (Å²) in [6.07, 6.45) is 2.33. The largest absolute Gasteiger partial charge is 0.465 e. The number of benzene rings is 1. The fourth-order valence-corrected chi connectivity index (χ4v) is 4.03. The molecule has 6 nitrogen and oxygen atoms in total. The fraction of sp³-hybridized carbons (Fsp3) is 0.412. The zero-order valence-electron chi connectivity index (χ0n) is 13.4. The van der Waals surface area contributed by atoms with Gasteiger partial charge in [-0.1, -0.05) is 22.9 Å². The summed E-state index contributed by atoms with van der Waals surface area (Å²) in [5.41, 5.74) is -0.0438. The Morgan fingerprint density at radius 3 is 2.79 bits per heavy atom. The van der Waals surface area contributed by atoms with Crippen molar-refractivity contribution in [1.82, 2.24) is 4.98 Å². The van der Waals surface area contributed by atoms with Crippen molar-refractivity contribution in [2.45, 2.75) is 32.1 Å². The second-order valence-electron chi connectivity index (χ2n) is 6.25. The Bertz CT molecular complexity index is 831. The van der Waals surface area contributed by atoms with Crippen LogP contribution in [-0.4, -0.2) is 22.5 Å². The third-order valence-corrected chi connectivity index (χ3v) is 5.04. The molecule has 0 saturated heterocycles. The van der Waals surface area contributed by atoms with E-state index in [1.165, 1.54) is 6.20 Å². The number of aromatic nitrogens is 1. The molecule has 1 aromatic carbocycles. The van der Waals surface area contributed by atoms with E-state index >= 15 is 0 Å². The number of nitrogens with zero attached hydrogens (tertiary/aromatic N) is 2. The summed E-state index contributed by atoms with van der Waals surface area (Å²) in [7, 11) is 0. The smallest absolute Gasteiger partial charge is 0.316 e. The van der Waals surface area contributed by atoms with Gasteiger partial charge in [-0.3, -0.25) is 14.9 Å². The highest BCUT2D eigenvalue weighted by Crippen LogP contribution is 2.53. The maximum absolute atomic E-state index is 12.7. The molecule has 0 unspecified atom stereocenters. The number of halogens is 1. The summed E-state index contributed by atoms with van der Waals surface area (Å²) < 4.78 is 6.05. The molecule has 0 bridgehead atoms. The first kappa shape index (κ1) is 16.8. The van der Waals surface area contributed by atoms with Crippen LogP contribution in [-0.2, 0) is 14.9 Å². The topological polar surface area (TPSA) is 82.3 Å². The summed E-state index contributed by atoms with van der Waals surface area (Å²) in [6.45, 7) is 4.02. The van der Waals surface area contributed by atoms with Crippen molar-refractivity contribution in [2.75, 3.05) is 6.61 Å². The van der Waals surface area contributed by atoms with E-state index in [-0.39, 0.29) is 12.3 Å². The second-order valence-corrected chi connectivity index (χ2v) is 7.17. The van der Waals surface area contributed by atoms with Gasteiger partial charge in [0.15, 0.2) is 0 Å². The number of hydrogen-bond donors (Lipinski definition) is 0. The second kappa shape index (κ2) is 6.12. The van der Waals surface area contributed by atoms with Crippen molar-refractivity contribution in [3.63, 3.8) is 0 Å². The standard InChI is InChI=1S/C17H17BrN2O4/c1-3-24-16(21)17(7-10(2)8-17)15-12-6-11(18)4-5-13(12)19-9-14(15)20(22)23/h4-6,9-10H,3,7-8H2,1-2H3. The maximum Gasteiger partial charge on any atom is 0.316 e. The number of nitro groups is 1. The monoisotopic (exact) mass is 392 g/mol. The van der Waals surface area contributed by atoms with Crippen LogP contribution in [0.4, 0.5) is 5.69 Å². The third-order valence-electron chi connectivity index (χ3n) is 4.55. The molecular weight excluding hydrogens is 376 g/mol. The average molecular weight is 393 g/mol. The average Bonchev–Trinajstić information content (AvgIpc) is 2.50. The molecule has 7 heteroatoms. The molecule has 24 heavy (non-hydrogen) atoms. The maximum atomic E-state index is 12.7. The van der Waals surface area contributed by atoms with Crippen LogP contribution in [0.15, 0.2) is 28.9 Å². The van der Waals surface area contributed by atoms with Gasteiger partial charge in [-0.25, -0.2) is 4.98 Å². The van der Waals surface area contributed by atoms with E-state index in [2.05, 4.69) is 20.9 Å². The van der Waals surface area contributed by atoms with Crippen molar-refractivity contribution < 1.29 is 14.5 Å². The summed E-state index contributed by atoms with van der Waals surface area (Å²) in [6, 6.07) is 5.40. The van der Waals surface area contributed by atoms with Crippen molar-refractivity contribution >= 4 is 38.5 Å². The molecule has 1 fully saturated rings. The predicted molar refractivity (Wildman–Crippen MR) is 92.8 cm³/mol. The van der Waals surface area contributed by atoms with Gasteiger partial charge < -0.3 is 4.74 Å². The molecular formula is C17H17BrN2O4. The van der Waals surface area contributed by atoms with Gasteiger partial charge in [0.2, 0.25) is 0 Å². The lowest BCUT2D eigenvalue weighted by Crippen LogP contribution is -2.48. The summed E-state index contributed by atoms with van der Waals surface area (Å²) in [5.74, 6) is -0.0805. The van der Waals surface area contributed by atoms with Gasteiger partial charge in [0.25, 0.3) is 5.69 Å². The van der Waals surface area contributed by atoms with Crippen LogP contribution in [0.5, 0.6) is 0 Å². The van der Waals surface area contributed by atoms with Crippen LogP contribution in [0.1, 0.15) is 32.3 Å². The highest BCUT2D eigenvalue weighted by molar-refractivity contribution is 9.10. The van der Waals surface area contributed by atoms with E-state index in [1.54, 1.807) is 19.1 Å². The molecule has 1 aliphatic rings. The normalized spacial score (nSPS) is 22.9. The van der Waals surface area contributed by atoms with Gasteiger partial charge in [0, 0.05) is 9.86 Å². The van der Waals surface area contributed by atoms with Crippen molar-refractivity contribution in [1.29, 1.82) is 0 Å². The molecule has 126 valence electrons. The minimum Gasteiger partial charge on any atom is -0.465 e. The molecule has 1 heterocycles. The molecule has 0 atom stereocenters. The quantitative estimate of drug-likeness (QED) is 0.443. The lowest BCUT2D eigenvalue weighted by atomic mass is 9.58. The van der Waals surface area contributed by atoms with Gasteiger partial charge in [-0.2, -0.15) is 0 Å². The Morgan fingerprint density at radius 1 is 1.50 bits per heavy atom. The van der Waals surface area contributed by atoms with Gasteiger partial charge in [0.1, 0.15) is 11.6 Å². The van der Waals surface area contributed by atoms with E-state index in [4.69, 9.17) is 4.74 Å². The Morgan fingerprint density at radius 2 is 2.21 bits per heavy atom. The number of carbonyl (C=O) groups is 1. The number of fused-ring (bicyclic) bond motifs is 1. The van der Waals surface area contributed by atoms with Crippen LogP contribution < -0.4 is 0 Å². The summed E-state index contributed by atoms with van der Waals surface area (Å²) >= 11 is 3.40. The van der Waals surface area contributed by atoms with Gasteiger partial charge >= 0.3 is 5.97 Å². The first-order chi connectivity index (χ1) is 11.4. The zero-order chi connectivity index (χ0) is 17.5. The van der Waals surface area contributed by atoms with Crippen LogP contribution in [0, 0.1) is 16.0 Å². The van der Waals surface area contributed by atoms with Gasteiger partial charge in [-0.05, 0) is 43.9 Å². The Hall–Kier alpha value is -2.02. The molecule has 1 aliphatic carbocycles. The van der Waals surface area contributed by atoms with Crippen LogP contribution in [0.2, 0.25) is 0 Å². The number of ether oxygens (including phenoxy) is 1. The molecule has 0 radical (unpaired) electrons. The summed E-state index contributed by atoms with van der Waals surface area (Å²) in [5, 5.41) is 12.2. The van der Waals surface area contributed by atoms with Crippen LogP contribution >= 0.6 is 15.9 Å². The van der Waals surface area contributed by atoms with E-state index in [1.807, 2.05) is 13.0 Å². The molecule has 0 spiro atoms. The fourth-order valence-electron chi connectivity index (χ4n) is 3.67. The number of esters is 1.